The number of nitrogens with one attached hydrogen (secondary N) is 2. The number of amides is 1. The number of nitrogens with zero attached hydrogens (tertiary/aromatic N) is 2. The van der Waals surface area contributed by atoms with E-state index in [0.717, 1.165) is 38.7 Å². The molecule has 0 radical (unpaired) electrons. The van der Waals surface area contributed by atoms with Crippen LogP contribution in [-0.4, -0.2) is 34.9 Å². The largest absolute Gasteiger partial charge is 0.453 e. The molecule has 0 spiro atoms. The molecule has 1 fully saturated rings. The molecule has 0 bridgehead atoms. The molecule has 6 rings (SSSR count). The van der Waals surface area contributed by atoms with Crippen LogP contribution in [0.25, 0.3) is 5.69 Å². The van der Waals surface area contributed by atoms with Gasteiger partial charge in [0, 0.05) is 29.4 Å². The molecule has 2 heterocycles. The van der Waals surface area contributed by atoms with Crippen molar-refractivity contribution in [3.05, 3.63) is 105 Å². The van der Waals surface area contributed by atoms with Crippen LogP contribution in [0.2, 0.25) is 5.02 Å². The monoisotopic (exact) mass is 556 g/mol. The Kier molecular flexibility index (Phi) is 7.53. The molecule has 9 heteroatoms. The molecule has 8 nitrogen and oxygen atoms in total. The van der Waals surface area contributed by atoms with E-state index in [9.17, 15) is 9.59 Å². The lowest BCUT2D eigenvalue weighted by Crippen LogP contribution is -2.31. The Bertz CT molecular complexity index is 1600. The topological polar surface area (TPSA) is 94.5 Å². The molecule has 1 aliphatic carbocycles. The van der Waals surface area contributed by atoms with Gasteiger partial charge in [-0.15, -0.1) is 0 Å². The maximum absolute atomic E-state index is 13.7. The Labute approximate surface area is 236 Å². The standard InChI is InChI=1S/C31H29ClN4O4/c32-23-6-2-7-25(17-23)36-31(38)29(28(19-34-36)40-26-14-11-20-4-1-5-22(20)16-26)35-24-12-9-21(10-13-24)30(37)33-18-27-8-3-15-39-27/h2,6-7,9-14,16-17,19,27,35H,1,3-5,8,15,18H2,(H,33,37). The highest BCUT2D eigenvalue weighted by Gasteiger charge is 2.19. The van der Waals surface area contributed by atoms with E-state index in [2.05, 4.69) is 21.8 Å². The number of anilines is 2. The number of rotatable bonds is 8. The van der Waals surface area contributed by atoms with Crippen LogP contribution in [-0.2, 0) is 17.6 Å². The van der Waals surface area contributed by atoms with Crippen molar-refractivity contribution in [3.8, 4) is 17.2 Å². The molecule has 0 saturated carbocycles. The van der Waals surface area contributed by atoms with Gasteiger partial charge in [0.05, 0.1) is 18.0 Å². The summed E-state index contributed by atoms with van der Waals surface area (Å²) in [4.78, 5) is 26.3. The van der Waals surface area contributed by atoms with Crippen molar-refractivity contribution in [2.75, 3.05) is 18.5 Å². The van der Waals surface area contributed by atoms with Gasteiger partial charge in [0.25, 0.3) is 11.5 Å². The van der Waals surface area contributed by atoms with Crippen LogP contribution < -0.4 is 20.9 Å². The zero-order valence-electron chi connectivity index (χ0n) is 21.9. The van der Waals surface area contributed by atoms with Crippen molar-refractivity contribution in [1.82, 2.24) is 15.1 Å². The van der Waals surface area contributed by atoms with Crippen LogP contribution in [0.15, 0.2) is 77.7 Å². The highest BCUT2D eigenvalue weighted by atomic mass is 35.5. The number of aromatic nitrogens is 2. The lowest BCUT2D eigenvalue weighted by Gasteiger charge is -2.15. The van der Waals surface area contributed by atoms with Crippen molar-refractivity contribution >= 4 is 28.9 Å². The van der Waals surface area contributed by atoms with Crippen molar-refractivity contribution < 1.29 is 14.3 Å². The van der Waals surface area contributed by atoms with E-state index < -0.39 is 5.56 Å². The van der Waals surface area contributed by atoms with Crippen LogP contribution in [0.3, 0.4) is 0 Å². The Hall–Kier alpha value is -4.14. The average Bonchev–Trinajstić information content (AvgIpc) is 3.66. The summed E-state index contributed by atoms with van der Waals surface area (Å²) in [7, 11) is 0. The molecule has 3 aromatic carbocycles. The quantitative estimate of drug-likeness (QED) is 0.284. The smallest absolute Gasteiger partial charge is 0.299 e. The molecule has 1 aliphatic heterocycles. The van der Waals surface area contributed by atoms with E-state index in [4.69, 9.17) is 21.1 Å². The number of benzene rings is 3. The van der Waals surface area contributed by atoms with E-state index in [1.807, 2.05) is 12.1 Å². The Morgan fingerprint density at radius 1 is 1.05 bits per heavy atom. The fourth-order valence-electron chi connectivity index (χ4n) is 5.12. The van der Waals surface area contributed by atoms with Gasteiger partial charge in [0.1, 0.15) is 5.75 Å². The second-order valence-corrected chi connectivity index (χ2v) is 10.5. The average molecular weight is 557 g/mol. The highest BCUT2D eigenvalue weighted by molar-refractivity contribution is 6.30. The second kappa shape index (κ2) is 11.5. The molecule has 2 N–H and O–H groups in total. The summed E-state index contributed by atoms with van der Waals surface area (Å²) < 4.78 is 13.1. The van der Waals surface area contributed by atoms with E-state index in [1.54, 1.807) is 48.5 Å². The number of carbonyl (C=O) groups is 1. The van der Waals surface area contributed by atoms with E-state index in [0.29, 0.717) is 40.0 Å². The molecular weight excluding hydrogens is 528 g/mol. The van der Waals surface area contributed by atoms with Crippen LogP contribution in [0.1, 0.15) is 40.7 Å². The second-order valence-electron chi connectivity index (χ2n) is 10.0. The third-order valence-electron chi connectivity index (χ3n) is 7.22. The molecule has 1 unspecified atom stereocenters. The fourth-order valence-corrected chi connectivity index (χ4v) is 5.31. The molecule has 1 amide bonds. The normalized spacial score (nSPS) is 16.0. The zero-order valence-corrected chi connectivity index (χ0v) is 22.6. The first kappa shape index (κ1) is 26.1. The Morgan fingerprint density at radius 2 is 1.90 bits per heavy atom. The van der Waals surface area contributed by atoms with Crippen LogP contribution in [0, 0.1) is 0 Å². The van der Waals surface area contributed by atoms with E-state index >= 15 is 0 Å². The molecular formula is C31H29ClN4O4. The van der Waals surface area contributed by atoms with Crippen molar-refractivity contribution in [2.45, 2.75) is 38.2 Å². The third-order valence-corrected chi connectivity index (χ3v) is 7.46. The Balaban J connectivity index is 1.28. The van der Waals surface area contributed by atoms with Gasteiger partial charge in [-0.05, 0) is 97.8 Å². The van der Waals surface area contributed by atoms with Crippen LogP contribution in [0.5, 0.6) is 11.5 Å². The minimum Gasteiger partial charge on any atom is -0.453 e. The minimum atomic E-state index is -0.403. The summed E-state index contributed by atoms with van der Waals surface area (Å²) in [5.74, 6) is 0.762. The van der Waals surface area contributed by atoms with Crippen molar-refractivity contribution in [2.24, 2.45) is 0 Å². The first-order valence-corrected chi connectivity index (χ1v) is 13.9. The number of fused-ring (bicyclic) bond motifs is 1. The lowest BCUT2D eigenvalue weighted by molar-refractivity contribution is 0.0858. The third kappa shape index (κ3) is 5.73. The lowest BCUT2D eigenvalue weighted by atomic mass is 10.1. The van der Waals surface area contributed by atoms with Gasteiger partial charge in [0.2, 0.25) is 0 Å². The summed E-state index contributed by atoms with van der Waals surface area (Å²) in [5, 5.41) is 11.0. The maximum atomic E-state index is 13.7. The van der Waals surface area contributed by atoms with Crippen LogP contribution in [0.4, 0.5) is 11.4 Å². The molecule has 40 heavy (non-hydrogen) atoms. The fraction of sp³-hybridized carbons (Fsp3) is 0.258. The molecule has 1 saturated heterocycles. The maximum Gasteiger partial charge on any atom is 0.299 e. The van der Waals surface area contributed by atoms with Crippen molar-refractivity contribution in [3.63, 3.8) is 0 Å². The van der Waals surface area contributed by atoms with E-state index in [1.165, 1.54) is 22.0 Å². The van der Waals surface area contributed by atoms with Gasteiger partial charge in [-0.1, -0.05) is 23.7 Å². The van der Waals surface area contributed by atoms with Crippen molar-refractivity contribution in [1.29, 1.82) is 0 Å². The zero-order chi connectivity index (χ0) is 27.5. The SMILES string of the molecule is O=C(NCC1CCCO1)c1ccc(Nc2c(Oc3ccc4c(c3)CCC4)cnn(-c3cccc(Cl)c3)c2=O)cc1. The minimum absolute atomic E-state index is 0.0716. The summed E-state index contributed by atoms with van der Waals surface area (Å²) in [6.07, 6.45) is 6.78. The van der Waals surface area contributed by atoms with Gasteiger partial charge in [-0.2, -0.15) is 9.78 Å². The number of hydrogen-bond donors (Lipinski definition) is 2. The molecule has 1 aromatic heterocycles. The summed E-state index contributed by atoms with van der Waals surface area (Å²) in [5.41, 5.74) is 4.08. The first-order chi connectivity index (χ1) is 19.5. The van der Waals surface area contributed by atoms with Gasteiger partial charge < -0.3 is 20.1 Å². The predicted molar refractivity (Wildman–Crippen MR) is 154 cm³/mol. The number of carbonyl (C=O) groups excluding carboxylic acids is 1. The summed E-state index contributed by atoms with van der Waals surface area (Å²) >= 11 is 6.18. The number of hydrogen-bond acceptors (Lipinski definition) is 6. The number of halogens is 1. The number of aryl methyl sites for hydroxylation is 2. The van der Waals surface area contributed by atoms with Gasteiger partial charge >= 0.3 is 0 Å². The Morgan fingerprint density at radius 3 is 2.70 bits per heavy atom. The molecule has 2 aliphatic rings. The van der Waals surface area contributed by atoms with E-state index in [-0.39, 0.29) is 17.7 Å². The first-order valence-electron chi connectivity index (χ1n) is 13.5. The molecule has 4 aromatic rings. The summed E-state index contributed by atoms with van der Waals surface area (Å²) in [6, 6.07) is 19.9. The molecule has 204 valence electrons. The molecule has 1 atom stereocenters. The highest BCUT2D eigenvalue weighted by Crippen LogP contribution is 2.32. The van der Waals surface area contributed by atoms with Gasteiger partial charge in [0.15, 0.2) is 11.4 Å². The van der Waals surface area contributed by atoms with Gasteiger partial charge in [-0.3, -0.25) is 9.59 Å². The van der Waals surface area contributed by atoms with Crippen LogP contribution >= 0.6 is 11.6 Å². The predicted octanol–water partition coefficient (Wildman–Crippen LogP) is 5.82. The summed E-state index contributed by atoms with van der Waals surface area (Å²) in [6.45, 7) is 1.23. The van der Waals surface area contributed by atoms with Gasteiger partial charge in [-0.25, -0.2) is 0 Å². The number of ether oxygens (including phenoxy) is 2.